The van der Waals surface area contributed by atoms with Crippen LogP contribution in [0.2, 0.25) is 0 Å². The average Bonchev–Trinajstić information content (AvgIpc) is 2.58. The molecule has 2 aliphatic heterocycles. The summed E-state index contributed by atoms with van der Waals surface area (Å²) in [5, 5.41) is 22.6. The molecule has 1 aromatic rings. The molecule has 4 N–H and O–H groups in total. The molecular weight excluding hydrogens is 346 g/mol. The Balaban J connectivity index is 1.71. The average molecular weight is 362 g/mol. The number of hydrogen-bond donors (Lipinski definition) is 3. The summed E-state index contributed by atoms with van der Waals surface area (Å²) in [6.07, 6.45) is 0. The Labute approximate surface area is 147 Å². The molecule has 2 amide bonds. The number of nitrogens with zero attached hydrogens (tertiary/aromatic N) is 1. The number of benzene rings is 1. The Hall–Kier alpha value is -2.52. The highest BCUT2D eigenvalue weighted by molar-refractivity contribution is 8.00. The van der Waals surface area contributed by atoms with Crippen LogP contribution in [0.1, 0.15) is 18.5 Å². The first-order valence-electron chi connectivity index (χ1n) is 7.52. The molecule has 0 aromatic heterocycles. The quantitative estimate of drug-likeness (QED) is 0.573. The molecule has 0 radical (unpaired) electrons. The van der Waals surface area contributed by atoms with Crippen LogP contribution in [-0.2, 0) is 14.4 Å². The minimum atomic E-state index is -1.40. The van der Waals surface area contributed by atoms with Gasteiger partial charge in [-0.25, -0.2) is 0 Å². The van der Waals surface area contributed by atoms with Gasteiger partial charge in [0.05, 0.1) is 11.7 Å². The Morgan fingerprint density at radius 3 is 2.64 bits per heavy atom. The number of β-lactam (4-membered cyclic amide) rings is 1. The first-order valence-corrected chi connectivity index (χ1v) is 8.56. The Bertz CT molecular complexity index is 776. The van der Waals surface area contributed by atoms with E-state index in [2.05, 4.69) is 5.32 Å². The summed E-state index contributed by atoms with van der Waals surface area (Å²) < 4.78 is 0. The van der Waals surface area contributed by atoms with Crippen molar-refractivity contribution in [3.05, 3.63) is 41.1 Å². The summed E-state index contributed by atoms with van der Waals surface area (Å²) in [4.78, 5) is 37.0. The molecule has 0 bridgehead atoms. The number of aromatic hydroxyl groups is 1. The van der Waals surface area contributed by atoms with Crippen molar-refractivity contribution >= 4 is 29.5 Å². The molecule has 1 fully saturated rings. The Morgan fingerprint density at radius 2 is 2.04 bits per heavy atom. The van der Waals surface area contributed by atoms with Crippen LogP contribution >= 0.6 is 11.8 Å². The number of carboxylic acids is 1. The van der Waals surface area contributed by atoms with Crippen LogP contribution in [0.5, 0.6) is 5.75 Å². The molecule has 1 saturated heterocycles. The maximum Gasteiger partial charge on any atom is 0.253 e. The van der Waals surface area contributed by atoms with Gasteiger partial charge in [0.25, 0.3) is 5.91 Å². The van der Waals surface area contributed by atoms with Gasteiger partial charge in [-0.3, -0.25) is 14.5 Å². The standard InChI is InChI=1S/C16H17N3O5S/c1-7-6-25-15-11(14(22)19(15)12(7)16(23)24)18-13(21)10(17)8-2-4-9(20)5-3-8/h2-5,10-11,15,20H,6,17H2,1H3,(H,18,21)(H,23,24)/p-1/t10-,11?,15?/m0/s1. The molecule has 0 saturated carbocycles. The molecule has 2 unspecified atom stereocenters. The topological polar surface area (TPSA) is 136 Å². The fourth-order valence-electron chi connectivity index (χ4n) is 2.84. The van der Waals surface area contributed by atoms with Gasteiger partial charge in [0.15, 0.2) is 0 Å². The van der Waals surface area contributed by atoms with E-state index in [4.69, 9.17) is 5.73 Å². The van der Waals surface area contributed by atoms with Crippen LogP contribution in [0.25, 0.3) is 0 Å². The number of carbonyl (C=O) groups excluding carboxylic acids is 3. The van der Waals surface area contributed by atoms with Crippen LogP contribution in [-0.4, -0.2) is 45.0 Å². The first-order chi connectivity index (χ1) is 11.8. The number of nitrogens with two attached hydrogens (primary N) is 1. The Kier molecular flexibility index (Phi) is 4.44. The van der Waals surface area contributed by atoms with E-state index in [1.54, 1.807) is 6.92 Å². The van der Waals surface area contributed by atoms with Crippen LogP contribution in [0.15, 0.2) is 35.5 Å². The van der Waals surface area contributed by atoms with Crippen LogP contribution in [0, 0.1) is 0 Å². The number of carbonyl (C=O) groups is 3. The fourth-order valence-corrected chi connectivity index (χ4v) is 4.13. The number of nitrogens with one attached hydrogen (secondary N) is 1. The van der Waals surface area contributed by atoms with Gasteiger partial charge in [-0.1, -0.05) is 12.1 Å². The maximum atomic E-state index is 12.3. The van der Waals surface area contributed by atoms with Gasteiger partial charge in [0, 0.05) is 5.75 Å². The Morgan fingerprint density at radius 1 is 1.40 bits per heavy atom. The molecule has 132 valence electrons. The van der Waals surface area contributed by atoms with Crippen molar-refractivity contribution in [2.75, 3.05) is 5.75 Å². The van der Waals surface area contributed by atoms with Gasteiger partial charge in [0.2, 0.25) is 5.91 Å². The van der Waals surface area contributed by atoms with E-state index in [0.717, 1.165) is 4.90 Å². The third kappa shape index (κ3) is 2.96. The van der Waals surface area contributed by atoms with Gasteiger partial charge >= 0.3 is 0 Å². The van der Waals surface area contributed by atoms with Gasteiger partial charge < -0.3 is 26.1 Å². The van der Waals surface area contributed by atoms with Gasteiger partial charge in [0.1, 0.15) is 23.2 Å². The molecule has 2 heterocycles. The van der Waals surface area contributed by atoms with Crippen molar-refractivity contribution in [3.8, 4) is 5.75 Å². The molecule has 2 aliphatic rings. The third-order valence-corrected chi connectivity index (χ3v) is 5.61. The third-order valence-electron chi connectivity index (χ3n) is 4.18. The predicted molar refractivity (Wildman–Crippen MR) is 87.8 cm³/mol. The first kappa shape index (κ1) is 17.3. The molecule has 9 heteroatoms. The lowest BCUT2D eigenvalue weighted by molar-refractivity contribution is -0.301. The van der Waals surface area contributed by atoms with E-state index in [1.807, 2.05) is 0 Å². The van der Waals surface area contributed by atoms with Gasteiger partial charge in [-0.2, -0.15) is 0 Å². The van der Waals surface area contributed by atoms with Crippen LogP contribution in [0.3, 0.4) is 0 Å². The minimum absolute atomic E-state index is 0.0525. The number of thioether (sulfide) groups is 1. The second-order valence-corrected chi connectivity index (χ2v) is 6.99. The van der Waals surface area contributed by atoms with Crippen molar-refractivity contribution in [2.45, 2.75) is 24.4 Å². The van der Waals surface area contributed by atoms with E-state index in [0.29, 0.717) is 16.9 Å². The van der Waals surface area contributed by atoms with Gasteiger partial charge in [-0.05, 0) is 30.2 Å². The summed E-state index contributed by atoms with van der Waals surface area (Å²) in [5.41, 5.74) is 6.81. The lowest BCUT2D eigenvalue weighted by atomic mass is 10.0. The zero-order chi connectivity index (χ0) is 18.3. The van der Waals surface area contributed by atoms with Crippen molar-refractivity contribution < 1.29 is 24.6 Å². The summed E-state index contributed by atoms with van der Waals surface area (Å²) >= 11 is 1.37. The second kappa shape index (κ2) is 6.41. The molecule has 0 spiro atoms. The van der Waals surface area contributed by atoms with Crippen molar-refractivity contribution in [1.82, 2.24) is 10.2 Å². The maximum absolute atomic E-state index is 12.3. The number of phenols is 1. The number of amides is 2. The summed E-state index contributed by atoms with van der Waals surface area (Å²) in [6.45, 7) is 1.63. The smallest absolute Gasteiger partial charge is 0.253 e. The molecule has 3 rings (SSSR count). The van der Waals surface area contributed by atoms with Crippen LogP contribution < -0.4 is 16.2 Å². The highest BCUT2D eigenvalue weighted by Crippen LogP contribution is 2.39. The molecule has 3 atom stereocenters. The normalized spacial score (nSPS) is 23.6. The highest BCUT2D eigenvalue weighted by atomic mass is 32.2. The van der Waals surface area contributed by atoms with Crippen LogP contribution in [0.4, 0.5) is 0 Å². The number of hydrogen-bond acceptors (Lipinski definition) is 7. The molecule has 1 aromatic carbocycles. The fraction of sp³-hybridized carbons (Fsp3) is 0.312. The van der Waals surface area contributed by atoms with Crippen molar-refractivity contribution in [2.24, 2.45) is 5.73 Å². The molecular formula is C16H16N3O5S-. The number of aliphatic carboxylic acids is 1. The highest BCUT2D eigenvalue weighted by Gasteiger charge is 2.52. The SMILES string of the molecule is CC1=C(C(=O)[O-])N2C(=O)C(NC(=O)[C@@H](N)c3ccc(O)cc3)C2SC1. The molecule has 0 aliphatic carbocycles. The monoisotopic (exact) mass is 362 g/mol. The van der Waals surface area contributed by atoms with E-state index >= 15 is 0 Å². The van der Waals surface area contributed by atoms with E-state index in [9.17, 15) is 24.6 Å². The van der Waals surface area contributed by atoms with E-state index in [1.165, 1.54) is 36.0 Å². The summed E-state index contributed by atoms with van der Waals surface area (Å²) in [6, 6.07) is 4.02. The number of rotatable bonds is 4. The zero-order valence-electron chi connectivity index (χ0n) is 13.3. The van der Waals surface area contributed by atoms with E-state index < -0.39 is 35.2 Å². The number of carboxylic acid groups (broad SMARTS) is 1. The zero-order valence-corrected chi connectivity index (χ0v) is 14.1. The van der Waals surface area contributed by atoms with Crippen molar-refractivity contribution in [1.29, 1.82) is 0 Å². The molecule has 25 heavy (non-hydrogen) atoms. The van der Waals surface area contributed by atoms with Crippen molar-refractivity contribution in [3.63, 3.8) is 0 Å². The predicted octanol–water partition coefficient (Wildman–Crippen LogP) is -1.18. The lowest BCUT2D eigenvalue weighted by Crippen LogP contribution is -2.71. The summed E-state index contributed by atoms with van der Waals surface area (Å²) in [5.74, 6) is -1.96. The molecule has 8 nitrogen and oxygen atoms in total. The summed E-state index contributed by atoms with van der Waals surface area (Å²) in [7, 11) is 0. The largest absolute Gasteiger partial charge is 0.543 e. The number of phenolic OH excluding ortho intramolecular Hbond substituents is 1. The minimum Gasteiger partial charge on any atom is -0.543 e. The lowest BCUT2D eigenvalue weighted by Gasteiger charge is -2.50. The van der Waals surface area contributed by atoms with Gasteiger partial charge in [-0.15, -0.1) is 11.8 Å². The second-order valence-electron chi connectivity index (χ2n) is 5.88. The van der Waals surface area contributed by atoms with E-state index in [-0.39, 0.29) is 11.4 Å². The number of fused-ring (bicyclic) bond motifs is 1.